The van der Waals surface area contributed by atoms with Gasteiger partial charge in [0, 0.05) is 4.47 Å². The second-order valence-electron chi connectivity index (χ2n) is 4.18. The van der Waals surface area contributed by atoms with Crippen LogP contribution in [0.3, 0.4) is 0 Å². The Hall–Kier alpha value is -1.27. The normalized spacial score (nSPS) is 12.7. The van der Waals surface area contributed by atoms with Crippen molar-refractivity contribution in [1.29, 1.82) is 0 Å². The van der Waals surface area contributed by atoms with Crippen LogP contribution in [0.1, 0.15) is 31.3 Å². The molecule has 6 heteroatoms. The molecule has 2 aromatic rings. The number of nitrogens with zero attached hydrogens (tertiary/aromatic N) is 4. The third-order valence-electron chi connectivity index (χ3n) is 2.72. The summed E-state index contributed by atoms with van der Waals surface area (Å²) in [7, 11) is 0. The maximum Gasteiger partial charge on any atom is 0.173 e. The summed E-state index contributed by atoms with van der Waals surface area (Å²) in [6, 6.07) is 6.22. The Bertz CT molecular complexity index is 537. The summed E-state index contributed by atoms with van der Waals surface area (Å²) in [6.07, 6.45) is 0. The van der Waals surface area contributed by atoms with Crippen LogP contribution in [-0.2, 0) is 0 Å². The molecule has 0 fully saturated rings. The minimum absolute atomic E-state index is 0.109. The maximum absolute atomic E-state index is 4.10. The van der Waals surface area contributed by atoms with Gasteiger partial charge in [-0.15, -0.1) is 5.10 Å². The summed E-state index contributed by atoms with van der Waals surface area (Å²) in [5.74, 6) is 0.808. The van der Waals surface area contributed by atoms with Crippen molar-refractivity contribution >= 4 is 15.9 Å². The predicted molar refractivity (Wildman–Crippen MR) is 73.7 cm³/mol. The second-order valence-corrected chi connectivity index (χ2v) is 5.04. The second kappa shape index (κ2) is 5.58. The Morgan fingerprint density at radius 1 is 1.44 bits per heavy atom. The van der Waals surface area contributed by atoms with Gasteiger partial charge in [0.25, 0.3) is 0 Å². The SMILES string of the molecule is CCNC(C)c1nnnn1-c1cc(C)ccc1Br. The van der Waals surface area contributed by atoms with E-state index in [2.05, 4.69) is 56.7 Å². The summed E-state index contributed by atoms with van der Waals surface area (Å²) in [5, 5.41) is 15.3. The molecular weight excluding hydrogens is 294 g/mol. The van der Waals surface area contributed by atoms with Crippen molar-refractivity contribution in [3.8, 4) is 5.69 Å². The number of tetrazole rings is 1. The standard InChI is InChI=1S/C12H16BrN5/c1-4-14-9(3)12-15-16-17-18(12)11-7-8(2)5-6-10(11)13/h5-7,9,14H,4H2,1-3H3. The molecule has 1 aromatic heterocycles. The minimum Gasteiger partial charge on any atom is -0.308 e. The van der Waals surface area contributed by atoms with E-state index in [1.165, 1.54) is 5.56 Å². The van der Waals surface area contributed by atoms with Crippen molar-refractivity contribution in [2.24, 2.45) is 0 Å². The average molecular weight is 310 g/mol. The molecule has 0 spiro atoms. The van der Waals surface area contributed by atoms with Crippen molar-refractivity contribution in [2.75, 3.05) is 6.54 Å². The third-order valence-corrected chi connectivity index (χ3v) is 3.39. The van der Waals surface area contributed by atoms with E-state index in [9.17, 15) is 0 Å². The van der Waals surface area contributed by atoms with Gasteiger partial charge in [-0.05, 0) is 64.4 Å². The highest BCUT2D eigenvalue weighted by atomic mass is 79.9. The number of hydrogen-bond donors (Lipinski definition) is 1. The first-order valence-electron chi connectivity index (χ1n) is 5.91. The van der Waals surface area contributed by atoms with E-state index >= 15 is 0 Å². The quantitative estimate of drug-likeness (QED) is 0.942. The molecule has 5 nitrogen and oxygen atoms in total. The van der Waals surface area contributed by atoms with Crippen molar-refractivity contribution in [3.05, 3.63) is 34.1 Å². The topological polar surface area (TPSA) is 55.6 Å². The highest BCUT2D eigenvalue weighted by Gasteiger charge is 2.16. The number of benzene rings is 1. The number of aromatic nitrogens is 4. The molecule has 0 aliphatic rings. The molecule has 0 amide bonds. The third kappa shape index (κ3) is 2.59. The van der Waals surface area contributed by atoms with E-state index in [1.54, 1.807) is 4.68 Å². The zero-order valence-electron chi connectivity index (χ0n) is 10.7. The monoisotopic (exact) mass is 309 g/mol. The molecule has 1 N–H and O–H groups in total. The highest BCUT2D eigenvalue weighted by Crippen LogP contribution is 2.23. The van der Waals surface area contributed by atoms with Gasteiger partial charge < -0.3 is 5.32 Å². The lowest BCUT2D eigenvalue weighted by Gasteiger charge is -2.13. The van der Waals surface area contributed by atoms with Crippen molar-refractivity contribution in [2.45, 2.75) is 26.8 Å². The van der Waals surface area contributed by atoms with Crippen molar-refractivity contribution in [1.82, 2.24) is 25.5 Å². The molecule has 1 unspecified atom stereocenters. The number of halogens is 1. The van der Waals surface area contributed by atoms with Gasteiger partial charge in [-0.25, -0.2) is 0 Å². The van der Waals surface area contributed by atoms with Crippen LogP contribution in [0.4, 0.5) is 0 Å². The molecular formula is C12H16BrN5. The fourth-order valence-electron chi connectivity index (χ4n) is 1.82. The lowest BCUT2D eigenvalue weighted by molar-refractivity contribution is 0.550. The molecule has 0 aliphatic heterocycles. The van der Waals surface area contributed by atoms with Crippen molar-refractivity contribution < 1.29 is 0 Å². The van der Waals surface area contributed by atoms with Crippen LogP contribution in [0.5, 0.6) is 0 Å². The van der Waals surface area contributed by atoms with E-state index in [1.807, 2.05) is 19.1 Å². The van der Waals surface area contributed by atoms with Crippen LogP contribution < -0.4 is 5.32 Å². The van der Waals surface area contributed by atoms with E-state index in [0.717, 1.165) is 22.5 Å². The van der Waals surface area contributed by atoms with Gasteiger partial charge in [-0.1, -0.05) is 13.0 Å². The molecule has 18 heavy (non-hydrogen) atoms. The zero-order valence-corrected chi connectivity index (χ0v) is 12.3. The van der Waals surface area contributed by atoms with Gasteiger partial charge in [0.05, 0.1) is 11.7 Å². The summed E-state index contributed by atoms with van der Waals surface area (Å²) < 4.78 is 2.75. The Balaban J connectivity index is 2.45. The molecule has 1 aromatic carbocycles. The van der Waals surface area contributed by atoms with E-state index < -0.39 is 0 Å². The van der Waals surface area contributed by atoms with Crippen LogP contribution >= 0.6 is 15.9 Å². The van der Waals surface area contributed by atoms with Crippen LogP contribution in [0.25, 0.3) is 5.69 Å². The van der Waals surface area contributed by atoms with Gasteiger partial charge in [0.1, 0.15) is 0 Å². The van der Waals surface area contributed by atoms with Crippen molar-refractivity contribution in [3.63, 3.8) is 0 Å². The largest absolute Gasteiger partial charge is 0.308 e. The Morgan fingerprint density at radius 3 is 2.94 bits per heavy atom. The first kappa shape index (κ1) is 13.2. The number of nitrogens with one attached hydrogen (secondary N) is 1. The minimum atomic E-state index is 0.109. The van der Waals surface area contributed by atoms with Gasteiger partial charge in [0.2, 0.25) is 0 Å². The zero-order chi connectivity index (χ0) is 13.1. The molecule has 0 bridgehead atoms. The molecule has 96 valence electrons. The molecule has 0 saturated heterocycles. The summed E-state index contributed by atoms with van der Waals surface area (Å²) >= 11 is 3.54. The van der Waals surface area contributed by atoms with Gasteiger partial charge in [0.15, 0.2) is 5.82 Å². The van der Waals surface area contributed by atoms with Crippen LogP contribution in [-0.4, -0.2) is 26.8 Å². The van der Waals surface area contributed by atoms with Gasteiger partial charge in [-0.2, -0.15) is 4.68 Å². The van der Waals surface area contributed by atoms with Crippen LogP contribution in [0.15, 0.2) is 22.7 Å². The van der Waals surface area contributed by atoms with Gasteiger partial charge >= 0.3 is 0 Å². The molecule has 1 atom stereocenters. The fourth-order valence-corrected chi connectivity index (χ4v) is 2.23. The molecule has 1 heterocycles. The molecule has 0 aliphatic carbocycles. The number of rotatable bonds is 4. The first-order chi connectivity index (χ1) is 8.63. The van der Waals surface area contributed by atoms with Crippen LogP contribution in [0, 0.1) is 6.92 Å². The predicted octanol–water partition coefficient (Wildman–Crippen LogP) is 2.40. The summed E-state index contributed by atoms with van der Waals surface area (Å²) in [5.41, 5.74) is 2.13. The Kier molecular flexibility index (Phi) is 4.08. The Morgan fingerprint density at radius 2 is 2.22 bits per heavy atom. The van der Waals surface area contributed by atoms with E-state index in [-0.39, 0.29) is 6.04 Å². The lowest BCUT2D eigenvalue weighted by Crippen LogP contribution is -2.21. The maximum atomic E-state index is 4.10. The number of aryl methyl sites for hydroxylation is 1. The number of hydrogen-bond acceptors (Lipinski definition) is 4. The molecule has 0 radical (unpaired) electrons. The molecule has 0 saturated carbocycles. The fraction of sp³-hybridized carbons (Fsp3) is 0.417. The van der Waals surface area contributed by atoms with Crippen LogP contribution in [0.2, 0.25) is 0 Å². The summed E-state index contributed by atoms with van der Waals surface area (Å²) in [6.45, 7) is 7.04. The molecule has 2 rings (SSSR count). The first-order valence-corrected chi connectivity index (χ1v) is 6.71. The summed E-state index contributed by atoms with van der Waals surface area (Å²) in [4.78, 5) is 0. The highest BCUT2D eigenvalue weighted by molar-refractivity contribution is 9.10. The Labute approximate surface area is 115 Å². The van der Waals surface area contributed by atoms with E-state index in [0.29, 0.717) is 0 Å². The smallest absolute Gasteiger partial charge is 0.173 e. The average Bonchev–Trinajstić information content (AvgIpc) is 2.81. The van der Waals surface area contributed by atoms with Gasteiger partial charge in [-0.3, -0.25) is 0 Å². The van der Waals surface area contributed by atoms with E-state index in [4.69, 9.17) is 0 Å². The lowest BCUT2D eigenvalue weighted by atomic mass is 10.2.